The first kappa shape index (κ1) is 13.3. The van der Waals surface area contributed by atoms with Gasteiger partial charge in [-0.1, -0.05) is 0 Å². The van der Waals surface area contributed by atoms with Crippen LogP contribution in [0.25, 0.3) is 0 Å². The third kappa shape index (κ3) is 2.50. The highest BCUT2D eigenvalue weighted by Gasteiger charge is 2.41. The Bertz CT molecular complexity index is 241. The number of hydrogen-bond acceptors (Lipinski definition) is 4. The molecule has 2 heterocycles. The molecule has 0 amide bonds. The number of nitrogens with two attached hydrogens (primary N) is 1. The van der Waals surface area contributed by atoms with Crippen molar-refractivity contribution in [3.63, 3.8) is 0 Å². The molecule has 0 aromatic heterocycles. The van der Waals surface area contributed by atoms with Crippen LogP contribution in [0.2, 0.25) is 0 Å². The van der Waals surface area contributed by atoms with Gasteiger partial charge in [0.25, 0.3) is 0 Å². The maximum absolute atomic E-state index is 6.06. The topological polar surface area (TPSA) is 41.7 Å². The quantitative estimate of drug-likeness (QED) is 0.765. The van der Waals surface area contributed by atoms with E-state index in [4.69, 9.17) is 10.5 Å². The van der Waals surface area contributed by atoms with Crippen molar-refractivity contribution in [2.75, 3.05) is 39.9 Å². The SMILES string of the molecule is CC1CN(C2(CN)CCCOC2)CC(C)N1C. The van der Waals surface area contributed by atoms with Gasteiger partial charge in [-0.3, -0.25) is 9.80 Å². The van der Waals surface area contributed by atoms with Crippen LogP contribution in [0.15, 0.2) is 0 Å². The van der Waals surface area contributed by atoms with Gasteiger partial charge in [0.15, 0.2) is 0 Å². The van der Waals surface area contributed by atoms with Gasteiger partial charge in [0.2, 0.25) is 0 Å². The highest BCUT2D eigenvalue weighted by molar-refractivity contribution is 4.98. The van der Waals surface area contributed by atoms with E-state index in [2.05, 4.69) is 30.7 Å². The van der Waals surface area contributed by atoms with Crippen LogP contribution >= 0.6 is 0 Å². The molecule has 17 heavy (non-hydrogen) atoms. The van der Waals surface area contributed by atoms with Gasteiger partial charge < -0.3 is 10.5 Å². The second-order valence-electron chi connectivity index (χ2n) is 5.85. The zero-order chi connectivity index (χ0) is 12.5. The Morgan fingerprint density at radius 2 is 1.94 bits per heavy atom. The lowest BCUT2D eigenvalue weighted by molar-refractivity contribution is -0.0794. The van der Waals surface area contributed by atoms with Gasteiger partial charge in [-0.2, -0.15) is 0 Å². The van der Waals surface area contributed by atoms with E-state index in [-0.39, 0.29) is 5.54 Å². The molecule has 2 saturated heterocycles. The number of ether oxygens (including phenoxy) is 1. The summed E-state index contributed by atoms with van der Waals surface area (Å²) >= 11 is 0. The molecule has 0 aromatic rings. The molecule has 2 aliphatic rings. The summed E-state index contributed by atoms with van der Waals surface area (Å²) in [5.74, 6) is 0. The van der Waals surface area contributed by atoms with Crippen molar-refractivity contribution in [2.45, 2.75) is 44.3 Å². The summed E-state index contributed by atoms with van der Waals surface area (Å²) in [4.78, 5) is 5.05. The fourth-order valence-electron chi connectivity index (χ4n) is 3.17. The largest absolute Gasteiger partial charge is 0.379 e. The molecule has 0 saturated carbocycles. The van der Waals surface area contributed by atoms with Crippen molar-refractivity contribution in [3.8, 4) is 0 Å². The van der Waals surface area contributed by atoms with E-state index in [0.717, 1.165) is 39.3 Å². The Kier molecular flexibility index (Phi) is 4.08. The minimum absolute atomic E-state index is 0.0992. The molecule has 0 spiro atoms. The number of hydrogen-bond donors (Lipinski definition) is 1. The standard InChI is InChI=1S/C13H27N3O/c1-11-7-16(8-12(2)15(11)3)13(9-14)5-4-6-17-10-13/h11-12H,4-10,14H2,1-3H3. The lowest BCUT2D eigenvalue weighted by Crippen LogP contribution is -2.66. The Morgan fingerprint density at radius 3 is 2.41 bits per heavy atom. The molecule has 0 radical (unpaired) electrons. The van der Waals surface area contributed by atoms with Gasteiger partial charge in [-0.25, -0.2) is 0 Å². The normalized spacial score (nSPS) is 41.6. The first-order valence-corrected chi connectivity index (χ1v) is 6.84. The summed E-state index contributed by atoms with van der Waals surface area (Å²) in [6.45, 7) is 9.26. The third-order valence-corrected chi connectivity index (χ3v) is 4.71. The lowest BCUT2D eigenvalue weighted by atomic mass is 9.88. The lowest BCUT2D eigenvalue weighted by Gasteiger charge is -2.52. The summed E-state index contributed by atoms with van der Waals surface area (Å²) in [6, 6.07) is 1.20. The fourth-order valence-corrected chi connectivity index (χ4v) is 3.17. The van der Waals surface area contributed by atoms with E-state index in [1.165, 1.54) is 6.42 Å². The van der Waals surface area contributed by atoms with Crippen LogP contribution in [-0.2, 0) is 4.74 Å². The molecular formula is C13H27N3O. The minimum Gasteiger partial charge on any atom is -0.379 e. The van der Waals surface area contributed by atoms with E-state index < -0.39 is 0 Å². The minimum atomic E-state index is 0.0992. The van der Waals surface area contributed by atoms with Gasteiger partial charge >= 0.3 is 0 Å². The molecule has 3 atom stereocenters. The summed E-state index contributed by atoms with van der Waals surface area (Å²) in [5.41, 5.74) is 6.16. The number of piperazine rings is 1. The Balaban J connectivity index is 2.09. The van der Waals surface area contributed by atoms with Crippen molar-refractivity contribution < 1.29 is 4.74 Å². The van der Waals surface area contributed by atoms with Crippen LogP contribution in [0.1, 0.15) is 26.7 Å². The molecule has 100 valence electrons. The van der Waals surface area contributed by atoms with Crippen molar-refractivity contribution in [1.29, 1.82) is 0 Å². The maximum atomic E-state index is 6.06. The van der Waals surface area contributed by atoms with E-state index in [9.17, 15) is 0 Å². The first-order valence-electron chi connectivity index (χ1n) is 6.84. The molecule has 2 N–H and O–H groups in total. The Hall–Kier alpha value is -0.160. The van der Waals surface area contributed by atoms with Crippen molar-refractivity contribution in [3.05, 3.63) is 0 Å². The van der Waals surface area contributed by atoms with E-state index in [1.54, 1.807) is 0 Å². The summed E-state index contributed by atoms with van der Waals surface area (Å²) in [7, 11) is 2.22. The first-order chi connectivity index (χ1) is 8.09. The molecule has 4 heteroatoms. The van der Waals surface area contributed by atoms with E-state index in [0.29, 0.717) is 12.1 Å². The van der Waals surface area contributed by atoms with Gasteiger partial charge in [0.05, 0.1) is 12.1 Å². The molecule has 0 aromatic carbocycles. The van der Waals surface area contributed by atoms with Crippen LogP contribution in [0.4, 0.5) is 0 Å². The maximum Gasteiger partial charge on any atom is 0.0662 e. The summed E-state index contributed by atoms with van der Waals surface area (Å²) < 4.78 is 5.69. The average Bonchev–Trinajstić information content (AvgIpc) is 2.36. The number of likely N-dealkylation sites (N-methyl/N-ethyl adjacent to an activating group) is 1. The smallest absolute Gasteiger partial charge is 0.0662 e. The van der Waals surface area contributed by atoms with Crippen molar-refractivity contribution >= 4 is 0 Å². The zero-order valence-corrected chi connectivity index (χ0v) is 11.5. The molecule has 2 fully saturated rings. The van der Waals surface area contributed by atoms with Gasteiger partial charge in [0, 0.05) is 38.3 Å². The fraction of sp³-hybridized carbons (Fsp3) is 1.00. The highest BCUT2D eigenvalue weighted by Crippen LogP contribution is 2.29. The second kappa shape index (κ2) is 5.22. The average molecular weight is 241 g/mol. The zero-order valence-electron chi connectivity index (χ0n) is 11.5. The van der Waals surface area contributed by atoms with Gasteiger partial charge in [0.1, 0.15) is 0 Å². The van der Waals surface area contributed by atoms with Gasteiger partial charge in [-0.05, 0) is 33.7 Å². The van der Waals surface area contributed by atoms with Crippen LogP contribution in [0.5, 0.6) is 0 Å². The second-order valence-corrected chi connectivity index (χ2v) is 5.85. The predicted octanol–water partition coefficient (Wildman–Crippen LogP) is 0.519. The van der Waals surface area contributed by atoms with E-state index >= 15 is 0 Å². The molecule has 2 rings (SSSR count). The number of nitrogens with zero attached hydrogens (tertiary/aromatic N) is 2. The molecule has 0 aliphatic carbocycles. The van der Waals surface area contributed by atoms with Crippen LogP contribution in [0.3, 0.4) is 0 Å². The third-order valence-electron chi connectivity index (χ3n) is 4.71. The van der Waals surface area contributed by atoms with E-state index in [1.807, 2.05) is 0 Å². The summed E-state index contributed by atoms with van der Waals surface area (Å²) in [5, 5.41) is 0. The van der Waals surface area contributed by atoms with Crippen LogP contribution in [0, 0.1) is 0 Å². The molecule has 0 bridgehead atoms. The van der Waals surface area contributed by atoms with Crippen LogP contribution < -0.4 is 5.73 Å². The Labute approximate surface area is 105 Å². The molecule has 3 unspecified atom stereocenters. The summed E-state index contributed by atoms with van der Waals surface area (Å²) in [6.07, 6.45) is 2.33. The highest BCUT2D eigenvalue weighted by atomic mass is 16.5. The van der Waals surface area contributed by atoms with Crippen LogP contribution in [-0.4, -0.2) is 67.3 Å². The Morgan fingerprint density at radius 1 is 1.29 bits per heavy atom. The van der Waals surface area contributed by atoms with Crippen molar-refractivity contribution in [1.82, 2.24) is 9.80 Å². The number of rotatable bonds is 2. The molecule has 4 nitrogen and oxygen atoms in total. The molecule has 2 aliphatic heterocycles. The van der Waals surface area contributed by atoms with Gasteiger partial charge in [-0.15, -0.1) is 0 Å². The molecular weight excluding hydrogens is 214 g/mol. The predicted molar refractivity (Wildman–Crippen MR) is 70.1 cm³/mol. The monoisotopic (exact) mass is 241 g/mol. The van der Waals surface area contributed by atoms with Crippen molar-refractivity contribution in [2.24, 2.45) is 5.73 Å².